The molecule has 2 heterocycles. The number of hydrogen-bond donors (Lipinski definition) is 3. The summed E-state index contributed by atoms with van der Waals surface area (Å²) in [5, 5.41) is 8.70. The molecule has 0 bridgehead atoms. The van der Waals surface area contributed by atoms with Gasteiger partial charge in [0.1, 0.15) is 11.3 Å². The number of aromatic nitrogens is 1. The maximum atomic E-state index is 13.2. The number of benzene rings is 1. The van der Waals surface area contributed by atoms with Gasteiger partial charge in [0.25, 0.3) is 5.91 Å². The number of nitrogens with zero attached hydrogens (tertiary/aromatic N) is 3. The van der Waals surface area contributed by atoms with Crippen LogP contribution < -0.4 is 16.0 Å². The highest BCUT2D eigenvalue weighted by Crippen LogP contribution is 2.23. The minimum atomic E-state index is -0.649. The van der Waals surface area contributed by atoms with Crippen molar-refractivity contribution in [3.8, 4) is 0 Å². The summed E-state index contributed by atoms with van der Waals surface area (Å²) in [5.74, 6) is -0.415. The van der Waals surface area contributed by atoms with Gasteiger partial charge in [0, 0.05) is 45.0 Å². The lowest BCUT2D eigenvalue weighted by atomic mass is 10.2. The van der Waals surface area contributed by atoms with Crippen molar-refractivity contribution in [3.05, 3.63) is 53.9 Å². The first-order chi connectivity index (χ1) is 20.2. The smallest absolute Gasteiger partial charge is 0.412 e. The molecule has 1 aliphatic carbocycles. The van der Waals surface area contributed by atoms with E-state index in [2.05, 4.69) is 25.8 Å². The Morgan fingerprint density at radius 2 is 1.71 bits per heavy atom. The van der Waals surface area contributed by atoms with Crippen LogP contribution in [0.1, 0.15) is 68.9 Å². The third-order valence-corrected chi connectivity index (χ3v) is 7.22. The number of pyridine rings is 1. The van der Waals surface area contributed by atoms with E-state index in [9.17, 15) is 14.4 Å². The summed E-state index contributed by atoms with van der Waals surface area (Å²) < 4.78 is 10.8. The summed E-state index contributed by atoms with van der Waals surface area (Å²) in [4.78, 5) is 47.1. The molecule has 2 aromatic rings. The first-order valence-corrected chi connectivity index (χ1v) is 14.9. The third kappa shape index (κ3) is 9.99. The fraction of sp³-hybridized carbons (Fsp3) is 0.548. The van der Waals surface area contributed by atoms with Gasteiger partial charge in [-0.25, -0.2) is 9.59 Å². The van der Waals surface area contributed by atoms with E-state index in [0.717, 1.165) is 70.5 Å². The van der Waals surface area contributed by atoms with Crippen molar-refractivity contribution in [2.45, 2.75) is 71.1 Å². The van der Waals surface area contributed by atoms with Gasteiger partial charge in [-0.2, -0.15) is 0 Å². The zero-order valence-electron chi connectivity index (χ0n) is 25.0. The average Bonchev–Trinajstić information content (AvgIpc) is 3.46. The van der Waals surface area contributed by atoms with E-state index in [-0.39, 0.29) is 17.8 Å². The molecule has 1 saturated carbocycles. The number of urea groups is 1. The van der Waals surface area contributed by atoms with E-state index in [0.29, 0.717) is 24.5 Å². The summed E-state index contributed by atoms with van der Waals surface area (Å²) in [5.41, 5.74) is 1.25. The van der Waals surface area contributed by atoms with E-state index in [1.165, 1.54) is 0 Å². The molecule has 42 heavy (non-hydrogen) atoms. The molecule has 1 saturated heterocycles. The van der Waals surface area contributed by atoms with Gasteiger partial charge in [0.2, 0.25) is 0 Å². The number of carbonyl (C=O) groups excluding carboxylic acids is 3. The number of anilines is 2. The lowest BCUT2D eigenvalue weighted by molar-refractivity contribution is 0.0364. The normalized spacial score (nSPS) is 16.1. The van der Waals surface area contributed by atoms with Gasteiger partial charge in [0.05, 0.1) is 24.6 Å². The van der Waals surface area contributed by atoms with Crippen molar-refractivity contribution in [2.75, 3.05) is 50.0 Å². The Balaban J connectivity index is 1.36. The van der Waals surface area contributed by atoms with Gasteiger partial charge < -0.3 is 25.0 Å². The Morgan fingerprint density at radius 3 is 2.36 bits per heavy atom. The molecule has 1 aromatic heterocycles. The minimum Gasteiger partial charge on any atom is -0.444 e. The number of carbonyl (C=O) groups is 3. The highest BCUT2D eigenvalue weighted by molar-refractivity contribution is 6.05. The van der Waals surface area contributed by atoms with Crippen LogP contribution in [0.4, 0.5) is 21.0 Å². The molecule has 11 nitrogen and oxygen atoms in total. The van der Waals surface area contributed by atoms with Crippen LogP contribution in [0.3, 0.4) is 0 Å². The average molecular weight is 581 g/mol. The standard InChI is InChI=1S/C31H44N6O5/c1-31(2,3)42-30(40)35-26-12-7-6-11-25(26)34-28(38)27-14-13-23(21-32-27)22-37(29(39)33-24-9-4-5-10-24)16-8-15-36-17-19-41-20-18-36/h6-7,11-14,21,24H,4-5,8-10,15-20,22H2,1-3H3,(H,33,39)(H,34,38)(H,35,40). The van der Waals surface area contributed by atoms with Crippen molar-refractivity contribution in [1.82, 2.24) is 20.1 Å². The summed E-state index contributed by atoms with van der Waals surface area (Å²) in [6.07, 6.45) is 6.23. The number of rotatable bonds is 10. The van der Waals surface area contributed by atoms with Crippen LogP contribution in [-0.2, 0) is 16.0 Å². The highest BCUT2D eigenvalue weighted by Gasteiger charge is 2.22. The largest absolute Gasteiger partial charge is 0.444 e. The predicted molar refractivity (Wildman–Crippen MR) is 162 cm³/mol. The molecule has 0 spiro atoms. The van der Waals surface area contributed by atoms with Crippen LogP contribution in [0, 0.1) is 0 Å². The number of amides is 4. The third-order valence-electron chi connectivity index (χ3n) is 7.22. The first kappa shape index (κ1) is 31.2. The molecule has 1 aromatic carbocycles. The summed E-state index contributed by atoms with van der Waals surface area (Å²) in [6.45, 7) is 10.6. The van der Waals surface area contributed by atoms with E-state index >= 15 is 0 Å². The van der Waals surface area contributed by atoms with Crippen LogP contribution in [0.25, 0.3) is 0 Å². The predicted octanol–water partition coefficient (Wildman–Crippen LogP) is 4.86. The van der Waals surface area contributed by atoms with Gasteiger partial charge in [0.15, 0.2) is 0 Å². The maximum absolute atomic E-state index is 13.2. The minimum absolute atomic E-state index is 0.0557. The molecule has 2 fully saturated rings. The van der Waals surface area contributed by atoms with Crippen molar-refractivity contribution in [2.24, 2.45) is 0 Å². The molecular formula is C31H44N6O5. The summed E-state index contributed by atoms with van der Waals surface area (Å²) in [7, 11) is 0. The van der Waals surface area contributed by atoms with Crippen molar-refractivity contribution < 1.29 is 23.9 Å². The van der Waals surface area contributed by atoms with E-state index in [1.807, 2.05) is 11.0 Å². The maximum Gasteiger partial charge on any atom is 0.412 e. The topological polar surface area (TPSA) is 125 Å². The van der Waals surface area contributed by atoms with E-state index in [4.69, 9.17) is 9.47 Å². The SMILES string of the molecule is CC(C)(C)OC(=O)Nc1ccccc1NC(=O)c1ccc(CN(CCCN2CCOCC2)C(=O)NC2CCCC2)cn1. The van der Waals surface area contributed by atoms with E-state index < -0.39 is 17.6 Å². The second kappa shape index (κ2) is 15.0. The molecule has 228 valence electrons. The number of ether oxygens (including phenoxy) is 2. The molecule has 4 amide bonds. The first-order valence-electron chi connectivity index (χ1n) is 14.9. The quantitative estimate of drug-likeness (QED) is 0.367. The lowest BCUT2D eigenvalue weighted by Crippen LogP contribution is -2.45. The lowest BCUT2D eigenvalue weighted by Gasteiger charge is -2.29. The second-order valence-corrected chi connectivity index (χ2v) is 11.8. The van der Waals surface area contributed by atoms with Gasteiger partial charge in [-0.3, -0.25) is 20.0 Å². The Labute approximate surface area is 248 Å². The van der Waals surface area contributed by atoms with Gasteiger partial charge in [-0.15, -0.1) is 0 Å². The number of nitrogens with one attached hydrogen (secondary N) is 3. The molecule has 4 rings (SSSR count). The molecule has 0 unspecified atom stereocenters. The Kier molecular flexibility index (Phi) is 11.1. The zero-order valence-corrected chi connectivity index (χ0v) is 25.0. The molecule has 0 radical (unpaired) electrons. The molecule has 3 N–H and O–H groups in total. The zero-order chi connectivity index (χ0) is 30.0. The molecule has 1 aliphatic heterocycles. The van der Waals surface area contributed by atoms with Crippen LogP contribution >= 0.6 is 0 Å². The fourth-order valence-corrected chi connectivity index (χ4v) is 5.07. The Bertz CT molecular complexity index is 1190. The Hall–Kier alpha value is -3.70. The summed E-state index contributed by atoms with van der Waals surface area (Å²) in [6, 6.07) is 10.5. The molecule has 11 heteroatoms. The monoisotopic (exact) mass is 580 g/mol. The number of morpholine rings is 1. The number of para-hydroxylation sites is 2. The van der Waals surface area contributed by atoms with Crippen LogP contribution in [-0.4, -0.2) is 83.9 Å². The van der Waals surface area contributed by atoms with Gasteiger partial charge >= 0.3 is 12.1 Å². The van der Waals surface area contributed by atoms with E-state index in [1.54, 1.807) is 57.3 Å². The Morgan fingerprint density at radius 1 is 1.02 bits per heavy atom. The van der Waals surface area contributed by atoms with Crippen LogP contribution in [0.5, 0.6) is 0 Å². The van der Waals surface area contributed by atoms with Crippen molar-refractivity contribution in [3.63, 3.8) is 0 Å². The fourth-order valence-electron chi connectivity index (χ4n) is 5.07. The highest BCUT2D eigenvalue weighted by atomic mass is 16.6. The van der Waals surface area contributed by atoms with Crippen molar-refractivity contribution >= 4 is 29.4 Å². The van der Waals surface area contributed by atoms with Crippen LogP contribution in [0.2, 0.25) is 0 Å². The molecular weight excluding hydrogens is 536 g/mol. The molecule has 0 atom stereocenters. The number of hydrogen-bond acceptors (Lipinski definition) is 7. The van der Waals surface area contributed by atoms with Crippen molar-refractivity contribution in [1.29, 1.82) is 0 Å². The second-order valence-electron chi connectivity index (χ2n) is 11.8. The summed E-state index contributed by atoms with van der Waals surface area (Å²) >= 11 is 0. The van der Waals surface area contributed by atoms with Crippen LogP contribution in [0.15, 0.2) is 42.6 Å². The van der Waals surface area contributed by atoms with Gasteiger partial charge in [-0.05, 0) is 63.8 Å². The van der Waals surface area contributed by atoms with Gasteiger partial charge in [-0.1, -0.05) is 31.0 Å². The molecule has 2 aliphatic rings.